The minimum atomic E-state index is -0.641. The first-order valence-corrected chi connectivity index (χ1v) is 2.73. The fourth-order valence-corrected chi connectivity index (χ4v) is 0.709. The molecule has 1 fully saturated rings. The molecule has 1 saturated heterocycles. The molecule has 0 aromatic rings. The smallest absolute Gasteiger partial charge is 0.244 e. The number of hydrogen-bond donors (Lipinski definition) is 2. The Morgan fingerprint density at radius 3 is 2.11 bits per heavy atom. The van der Waals surface area contributed by atoms with Crippen molar-refractivity contribution < 1.29 is 9.59 Å². The highest BCUT2D eigenvalue weighted by Crippen LogP contribution is 2.06. The highest BCUT2D eigenvalue weighted by molar-refractivity contribution is 6.06. The molecule has 1 rings (SSSR count). The minimum absolute atomic E-state index is 0.271. The van der Waals surface area contributed by atoms with Crippen LogP contribution in [0.1, 0.15) is 6.92 Å². The summed E-state index contributed by atoms with van der Waals surface area (Å²) in [5.74, 6) is -1.00. The molecule has 4 nitrogen and oxygen atoms in total. The Labute approximate surface area is 52.4 Å². The van der Waals surface area contributed by atoms with E-state index in [1.165, 1.54) is 0 Å². The van der Waals surface area contributed by atoms with Crippen LogP contribution in [0, 0.1) is 5.92 Å². The molecular formula is C5H8N2O2. The summed E-state index contributed by atoms with van der Waals surface area (Å²) in [5.41, 5.74) is 5.28. The maximum absolute atomic E-state index is 10.6. The van der Waals surface area contributed by atoms with Crippen molar-refractivity contribution in [3.05, 3.63) is 0 Å². The largest absolute Gasteiger partial charge is 0.319 e. The Morgan fingerprint density at radius 2 is 2.00 bits per heavy atom. The van der Waals surface area contributed by atoms with E-state index >= 15 is 0 Å². The van der Waals surface area contributed by atoms with E-state index in [2.05, 4.69) is 5.32 Å². The fraction of sp³-hybridized carbons (Fsp3) is 0.600. The molecule has 0 bridgehead atoms. The third-order valence-corrected chi connectivity index (χ3v) is 1.50. The molecule has 0 saturated carbocycles. The third-order valence-electron chi connectivity index (χ3n) is 1.50. The van der Waals surface area contributed by atoms with Gasteiger partial charge in [-0.05, 0) is 0 Å². The number of imide groups is 1. The van der Waals surface area contributed by atoms with Crippen LogP contribution in [0.25, 0.3) is 0 Å². The highest BCUT2D eigenvalue weighted by Gasteiger charge is 2.35. The fourth-order valence-electron chi connectivity index (χ4n) is 0.709. The molecular weight excluding hydrogens is 120 g/mol. The second kappa shape index (κ2) is 1.80. The molecule has 2 atom stereocenters. The molecule has 2 amide bonds. The monoisotopic (exact) mass is 128 g/mol. The first-order valence-electron chi connectivity index (χ1n) is 2.73. The number of carbonyl (C=O) groups excluding carboxylic acids is 2. The normalized spacial score (nSPS) is 34.9. The molecule has 0 spiro atoms. The van der Waals surface area contributed by atoms with Gasteiger partial charge in [0.25, 0.3) is 0 Å². The summed E-state index contributed by atoms with van der Waals surface area (Å²) in [6, 6.07) is -0.641. The van der Waals surface area contributed by atoms with Gasteiger partial charge < -0.3 is 5.73 Å². The summed E-state index contributed by atoms with van der Waals surface area (Å²) < 4.78 is 0. The zero-order valence-corrected chi connectivity index (χ0v) is 5.05. The molecule has 0 aromatic heterocycles. The number of carbonyl (C=O) groups is 2. The van der Waals surface area contributed by atoms with Crippen molar-refractivity contribution in [1.82, 2.24) is 5.32 Å². The first-order chi connectivity index (χ1) is 4.13. The van der Waals surface area contributed by atoms with E-state index in [9.17, 15) is 9.59 Å². The number of hydrogen-bond acceptors (Lipinski definition) is 3. The topological polar surface area (TPSA) is 72.2 Å². The van der Waals surface area contributed by atoms with Crippen LogP contribution in [0.5, 0.6) is 0 Å². The maximum atomic E-state index is 10.6. The van der Waals surface area contributed by atoms with E-state index in [0.717, 1.165) is 0 Å². The lowest BCUT2D eigenvalue weighted by atomic mass is 10.1. The summed E-state index contributed by atoms with van der Waals surface area (Å²) in [6.07, 6.45) is 0. The Kier molecular flexibility index (Phi) is 1.25. The Hall–Kier alpha value is -0.900. The number of rotatable bonds is 0. The van der Waals surface area contributed by atoms with Crippen LogP contribution in [0.3, 0.4) is 0 Å². The van der Waals surface area contributed by atoms with Gasteiger partial charge in [0.05, 0.1) is 12.0 Å². The zero-order chi connectivity index (χ0) is 7.02. The zero-order valence-electron chi connectivity index (χ0n) is 5.05. The van der Waals surface area contributed by atoms with Gasteiger partial charge in [0.1, 0.15) is 0 Å². The standard InChI is InChI=1S/C5H8N2O2/c1-2-3(6)5(9)7-4(2)8/h2-3H,6H2,1H3,(H,7,8,9). The van der Waals surface area contributed by atoms with Crippen LogP contribution >= 0.6 is 0 Å². The molecule has 1 heterocycles. The van der Waals surface area contributed by atoms with Gasteiger partial charge in [0, 0.05) is 0 Å². The average molecular weight is 128 g/mol. The second-order valence-electron chi connectivity index (χ2n) is 2.17. The lowest BCUT2D eigenvalue weighted by molar-refractivity contribution is -0.125. The third kappa shape index (κ3) is 0.810. The molecule has 3 N–H and O–H groups in total. The molecule has 9 heavy (non-hydrogen) atoms. The van der Waals surface area contributed by atoms with Gasteiger partial charge >= 0.3 is 0 Å². The summed E-state index contributed by atoms with van der Waals surface area (Å²) >= 11 is 0. The van der Waals surface area contributed by atoms with Gasteiger partial charge in [0.15, 0.2) is 0 Å². The number of nitrogens with one attached hydrogen (secondary N) is 1. The van der Waals surface area contributed by atoms with Crippen molar-refractivity contribution in [1.29, 1.82) is 0 Å². The van der Waals surface area contributed by atoms with E-state index in [0.29, 0.717) is 0 Å². The summed E-state index contributed by atoms with van der Waals surface area (Å²) in [7, 11) is 0. The Balaban J connectivity index is 2.77. The average Bonchev–Trinajstić information content (AvgIpc) is 1.98. The minimum Gasteiger partial charge on any atom is -0.319 e. The van der Waals surface area contributed by atoms with Crippen molar-refractivity contribution in [2.24, 2.45) is 11.7 Å². The van der Waals surface area contributed by atoms with E-state index in [1.54, 1.807) is 6.92 Å². The van der Waals surface area contributed by atoms with Crippen LogP contribution < -0.4 is 11.1 Å². The summed E-state index contributed by atoms with van der Waals surface area (Å²) in [6.45, 7) is 1.63. The van der Waals surface area contributed by atoms with Gasteiger partial charge in [-0.1, -0.05) is 6.92 Å². The Bertz CT molecular complexity index is 148. The molecule has 4 heteroatoms. The van der Waals surface area contributed by atoms with Crippen LogP contribution in [0.15, 0.2) is 0 Å². The van der Waals surface area contributed by atoms with Crippen LogP contribution in [0.4, 0.5) is 0 Å². The molecule has 1 aliphatic rings. The highest BCUT2D eigenvalue weighted by atomic mass is 16.2. The van der Waals surface area contributed by atoms with Crippen molar-refractivity contribution in [3.8, 4) is 0 Å². The first kappa shape index (κ1) is 6.22. The van der Waals surface area contributed by atoms with E-state index in [-0.39, 0.29) is 17.7 Å². The van der Waals surface area contributed by atoms with Gasteiger partial charge in [-0.2, -0.15) is 0 Å². The summed E-state index contributed by atoms with van der Waals surface area (Å²) in [5, 5.41) is 2.11. The lowest BCUT2D eigenvalue weighted by Gasteiger charge is -1.99. The molecule has 0 aliphatic carbocycles. The van der Waals surface area contributed by atoms with Gasteiger partial charge in [0.2, 0.25) is 11.8 Å². The predicted octanol–water partition coefficient (Wildman–Crippen LogP) is -1.39. The van der Waals surface area contributed by atoms with E-state index in [4.69, 9.17) is 5.73 Å². The molecule has 1 aliphatic heterocycles. The maximum Gasteiger partial charge on any atom is 0.244 e. The predicted molar refractivity (Wildman–Crippen MR) is 30.3 cm³/mol. The van der Waals surface area contributed by atoms with E-state index in [1.807, 2.05) is 0 Å². The van der Waals surface area contributed by atoms with E-state index < -0.39 is 6.04 Å². The van der Waals surface area contributed by atoms with Crippen LogP contribution in [-0.2, 0) is 9.59 Å². The SMILES string of the molecule is CC1C(=O)NC(=O)C1N. The van der Waals surface area contributed by atoms with Gasteiger partial charge in [-0.3, -0.25) is 14.9 Å². The quantitative estimate of drug-likeness (QED) is 0.394. The lowest BCUT2D eigenvalue weighted by Crippen LogP contribution is -2.32. The van der Waals surface area contributed by atoms with Crippen molar-refractivity contribution in [2.45, 2.75) is 13.0 Å². The van der Waals surface area contributed by atoms with Crippen molar-refractivity contribution in [2.75, 3.05) is 0 Å². The second-order valence-corrected chi connectivity index (χ2v) is 2.17. The van der Waals surface area contributed by atoms with Gasteiger partial charge in [-0.15, -0.1) is 0 Å². The summed E-state index contributed by atoms with van der Waals surface area (Å²) in [4.78, 5) is 21.1. The Morgan fingerprint density at radius 1 is 1.44 bits per heavy atom. The molecule has 2 unspecified atom stereocenters. The van der Waals surface area contributed by atoms with Crippen LogP contribution in [0.2, 0.25) is 0 Å². The van der Waals surface area contributed by atoms with Gasteiger partial charge in [-0.25, -0.2) is 0 Å². The molecule has 0 radical (unpaired) electrons. The number of nitrogens with two attached hydrogens (primary N) is 1. The van der Waals surface area contributed by atoms with Crippen LogP contribution in [-0.4, -0.2) is 17.9 Å². The molecule has 0 aromatic carbocycles. The number of amides is 2. The van der Waals surface area contributed by atoms with Crippen molar-refractivity contribution >= 4 is 11.8 Å². The molecule has 50 valence electrons. The van der Waals surface area contributed by atoms with Crippen molar-refractivity contribution in [3.63, 3.8) is 0 Å².